The van der Waals surface area contributed by atoms with Crippen LogP contribution in [0.25, 0.3) is 0 Å². The molecule has 2 rings (SSSR count). The number of rotatable bonds is 9. The first kappa shape index (κ1) is 17.5. The van der Waals surface area contributed by atoms with Gasteiger partial charge in [-0.15, -0.1) is 0 Å². The van der Waals surface area contributed by atoms with Crippen molar-refractivity contribution in [2.45, 2.75) is 83.3 Å². The van der Waals surface area contributed by atoms with Crippen LogP contribution in [0, 0.1) is 0 Å². The Morgan fingerprint density at radius 2 is 1.86 bits per heavy atom. The second kappa shape index (κ2) is 8.12. The molecule has 0 amide bonds. The van der Waals surface area contributed by atoms with Gasteiger partial charge in [-0.25, -0.2) is 0 Å². The van der Waals surface area contributed by atoms with E-state index in [4.69, 9.17) is 0 Å². The van der Waals surface area contributed by atoms with E-state index in [-0.39, 0.29) is 5.54 Å². The molecule has 1 aliphatic rings. The predicted octanol–water partition coefficient (Wildman–Crippen LogP) is 4.47. The third-order valence-electron chi connectivity index (χ3n) is 4.52. The Morgan fingerprint density at radius 3 is 2.50 bits per heavy atom. The van der Waals surface area contributed by atoms with Gasteiger partial charge in [0.1, 0.15) is 0 Å². The smallest absolute Gasteiger partial charge is 0.0145 e. The summed E-state index contributed by atoms with van der Waals surface area (Å²) in [6.45, 7) is 10.1. The lowest BCUT2D eigenvalue weighted by Crippen LogP contribution is -2.40. The average Bonchev–Trinajstić information content (AvgIpc) is 3.23. The number of benzene rings is 1. The topological polar surface area (TPSA) is 24.1 Å². The van der Waals surface area contributed by atoms with Crippen LogP contribution in [0.4, 0.5) is 0 Å². The van der Waals surface area contributed by atoms with E-state index in [9.17, 15) is 0 Å². The van der Waals surface area contributed by atoms with E-state index in [1.807, 2.05) is 0 Å². The molecule has 1 aliphatic carbocycles. The Kier molecular flexibility index (Phi) is 6.46. The first-order chi connectivity index (χ1) is 10.5. The fraction of sp³-hybridized carbons (Fsp3) is 0.700. The molecule has 1 aromatic carbocycles. The largest absolute Gasteiger partial charge is 0.312 e. The van der Waals surface area contributed by atoms with Crippen LogP contribution < -0.4 is 10.6 Å². The minimum atomic E-state index is 0.224. The number of nitrogens with one attached hydrogen (secondary N) is 2. The van der Waals surface area contributed by atoms with E-state index in [0.29, 0.717) is 12.1 Å². The van der Waals surface area contributed by atoms with Crippen LogP contribution in [-0.4, -0.2) is 24.2 Å². The van der Waals surface area contributed by atoms with Gasteiger partial charge < -0.3 is 10.6 Å². The number of unbranched alkanes of at least 4 members (excludes halogenated alkanes) is 1. The highest BCUT2D eigenvalue weighted by Gasteiger charge is 2.39. The van der Waals surface area contributed by atoms with Crippen molar-refractivity contribution < 1.29 is 0 Å². The van der Waals surface area contributed by atoms with Crippen LogP contribution >= 0.6 is 0 Å². The Balaban J connectivity index is 1.78. The summed E-state index contributed by atoms with van der Waals surface area (Å²) in [4.78, 5) is 0. The second-order valence-corrected chi connectivity index (χ2v) is 7.83. The van der Waals surface area contributed by atoms with Crippen LogP contribution in [0.2, 0.25) is 0 Å². The summed E-state index contributed by atoms with van der Waals surface area (Å²) in [5, 5.41) is 7.55. The lowest BCUT2D eigenvalue weighted by Gasteiger charge is -2.24. The molecule has 0 heterocycles. The van der Waals surface area contributed by atoms with Crippen molar-refractivity contribution >= 4 is 0 Å². The normalized spacial score (nSPS) is 22.5. The van der Waals surface area contributed by atoms with Crippen LogP contribution in [0.15, 0.2) is 30.3 Å². The third kappa shape index (κ3) is 6.10. The quantitative estimate of drug-likeness (QED) is 0.703. The maximum atomic E-state index is 3.92. The molecule has 1 fully saturated rings. The van der Waals surface area contributed by atoms with E-state index in [1.54, 1.807) is 0 Å². The zero-order valence-electron chi connectivity index (χ0n) is 14.9. The Bertz CT molecular complexity index is 421. The van der Waals surface area contributed by atoms with Crippen molar-refractivity contribution in [2.75, 3.05) is 6.54 Å². The van der Waals surface area contributed by atoms with Gasteiger partial charge in [-0.2, -0.15) is 0 Å². The molecule has 2 N–H and O–H groups in total. The summed E-state index contributed by atoms with van der Waals surface area (Å²) in [6.07, 6.45) is 6.46. The first-order valence-corrected chi connectivity index (χ1v) is 9.05. The average molecular weight is 303 g/mol. The molecule has 0 saturated heterocycles. The highest BCUT2D eigenvalue weighted by Crippen LogP contribution is 2.41. The molecule has 0 spiro atoms. The van der Waals surface area contributed by atoms with Gasteiger partial charge in [-0.1, -0.05) is 50.1 Å². The van der Waals surface area contributed by atoms with Crippen LogP contribution in [0.3, 0.4) is 0 Å². The lowest BCUT2D eigenvalue weighted by molar-refractivity contribution is 0.374. The van der Waals surface area contributed by atoms with Gasteiger partial charge in [-0.05, 0) is 52.1 Å². The van der Waals surface area contributed by atoms with E-state index in [0.717, 1.165) is 12.5 Å². The summed E-state index contributed by atoms with van der Waals surface area (Å²) in [7, 11) is 0. The maximum Gasteiger partial charge on any atom is 0.0145 e. The molecular formula is C20H34N2. The molecule has 1 aromatic rings. The molecule has 2 nitrogen and oxygen atoms in total. The molecule has 0 unspecified atom stereocenters. The molecule has 0 bridgehead atoms. The van der Waals surface area contributed by atoms with Crippen molar-refractivity contribution in [3.8, 4) is 0 Å². The second-order valence-electron chi connectivity index (χ2n) is 7.83. The summed E-state index contributed by atoms with van der Waals surface area (Å²) >= 11 is 0. The molecule has 124 valence electrons. The Hall–Kier alpha value is -0.860. The molecule has 0 radical (unpaired) electrons. The lowest BCUT2D eigenvalue weighted by atomic mass is 10.0. The standard InChI is InChI=1S/C20H34N2/c1-5-6-12-17(13-14-21-20(2,3)4)22-19-15-18(19)16-10-8-7-9-11-16/h7-11,17-19,21-22H,5-6,12-15H2,1-4H3/t17-,18+,19-/m1/s1. The van der Waals surface area contributed by atoms with Gasteiger partial charge in [-0.3, -0.25) is 0 Å². The fourth-order valence-corrected chi connectivity index (χ4v) is 3.13. The van der Waals surface area contributed by atoms with Crippen molar-refractivity contribution in [3.05, 3.63) is 35.9 Å². The zero-order chi connectivity index (χ0) is 16.0. The fourth-order valence-electron chi connectivity index (χ4n) is 3.13. The molecule has 22 heavy (non-hydrogen) atoms. The SMILES string of the molecule is CCCC[C@H](CCNC(C)(C)C)N[C@@H]1C[C@H]1c1ccccc1. The first-order valence-electron chi connectivity index (χ1n) is 9.05. The van der Waals surface area contributed by atoms with E-state index in [1.165, 1.54) is 37.7 Å². The molecule has 0 aromatic heterocycles. The number of hydrogen-bond acceptors (Lipinski definition) is 2. The Labute approximate surface area is 137 Å². The van der Waals surface area contributed by atoms with Crippen LogP contribution in [0.5, 0.6) is 0 Å². The predicted molar refractivity (Wildman–Crippen MR) is 96.4 cm³/mol. The molecule has 3 atom stereocenters. The Morgan fingerprint density at radius 1 is 1.14 bits per heavy atom. The monoisotopic (exact) mass is 302 g/mol. The molecular weight excluding hydrogens is 268 g/mol. The summed E-state index contributed by atoms with van der Waals surface area (Å²) in [5.74, 6) is 0.737. The van der Waals surface area contributed by atoms with E-state index in [2.05, 4.69) is 68.7 Å². The van der Waals surface area contributed by atoms with Gasteiger partial charge in [0.2, 0.25) is 0 Å². The summed E-state index contributed by atoms with van der Waals surface area (Å²) in [5.41, 5.74) is 1.73. The van der Waals surface area contributed by atoms with Crippen LogP contribution in [-0.2, 0) is 0 Å². The van der Waals surface area contributed by atoms with Crippen molar-refractivity contribution in [1.82, 2.24) is 10.6 Å². The zero-order valence-corrected chi connectivity index (χ0v) is 14.9. The van der Waals surface area contributed by atoms with E-state index >= 15 is 0 Å². The van der Waals surface area contributed by atoms with Gasteiger partial charge in [0, 0.05) is 23.5 Å². The van der Waals surface area contributed by atoms with Crippen molar-refractivity contribution in [3.63, 3.8) is 0 Å². The maximum absolute atomic E-state index is 3.92. The summed E-state index contributed by atoms with van der Waals surface area (Å²) in [6, 6.07) is 12.3. The van der Waals surface area contributed by atoms with Crippen LogP contribution in [0.1, 0.15) is 71.3 Å². The minimum Gasteiger partial charge on any atom is -0.312 e. The van der Waals surface area contributed by atoms with Gasteiger partial charge >= 0.3 is 0 Å². The van der Waals surface area contributed by atoms with Gasteiger partial charge in [0.25, 0.3) is 0 Å². The van der Waals surface area contributed by atoms with Gasteiger partial charge in [0.15, 0.2) is 0 Å². The van der Waals surface area contributed by atoms with Crippen molar-refractivity contribution in [2.24, 2.45) is 0 Å². The summed E-state index contributed by atoms with van der Waals surface area (Å²) < 4.78 is 0. The highest BCUT2D eigenvalue weighted by molar-refractivity contribution is 5.27. The van der Waals surface area contributed by atoms with Gasteiger partial charge in [0.05, 0.1) is 0 Å². The highest BCUT2D eigenvalue weighted by atomic mass is 15.0. The molecule has 1 saturated carbocycles. The molecule has 0 aliphatic heterocycles. The number of hydrogen-bond donors (Lipinski definition) is 2. The van der Waals surface area contributed by atoms with Crippen molar-refractivity contribution in [1.29, 1.82) is 0 Å². The molecule has 2 heteroatoms. The minimum absolute atomic E-state index is 0.224. The third-order valence-corrected chi connectivity index (χ3v) is 4.52. The van der Waals surface area contributed by atoms with E-state index < -0.39 is 0 Å².